The molecule has 1 fully saturated rings. The first-order valence-electron chi connectivity index (χ1n) is 7.68. The van der Waals surface area contributed by atoms with E-state index in [2.05, 4.69) is 40.2 Å². The minimum atomic E-state index is 0.757. The van der Waals surface area contributed by atoms with Crippen molar-refractivity contribution in [2.24, 2.45) is 5.92 Å². The summed E-state index contributed by atoms with van der Waals surface area (Å²) in [5.74, 6) is 0.757. The Morgan fingerprint density at radius 1 is 1.25 bits per heavy atom. The molecule has 1 aliphatic rings. The standard InChI is InChI=1S/C17H24N2O/c1-18-9-6-16-12-15-4-2-3-5-17(15)19(16)13-14-7-10-20-11-8-14/h2-5,12,14,18H,6-11,13H2,1H3. The van der Waals surface area contributed by atoms with Crippen molar-refractivity contribution in [3.63, 3.8) is 0 Å². The normalized spacial score (nSPS) is 16.9. The molecule has 20 heavy (non-hydrogen) atoms. The van der Waals surface area contributed by atoms with Crippen LogP contribution in [0.25, 0.3) is 10.9 Å². The van der Waals surface area contributed by atoms with Crippen LogP contribution in [0.2, 0.25) is 0 Å². The smallest absolute Gasteiger partial charge is 0.0482 e. The van der Waals surface area contributed by atoms with Crippen molar-refractivity contribution in [1.82, 2.24) is 9.88 Å². The number of hydrogen-bond acceptors (Lipinski definition) is 2. The Labute approximate surface area is 120 Å². The van der Waals surface area contributed by atoms with Crippen molar-refractivity contribution in [2.45, 2.75) is 25.8 Å². The molecule has 0 unspecified atom stereocenters. The van der Waals surface area contributed by atoms with Gasteiger partial charge in [-0.2, -0.15) is 0 Å². The first-order valence-corrected chi connectivity index (χ1v) is 7.68. The molecule has 1 aromatic heterocycles. The zero-order chi connectivity index (χ0) is 13.8. The van der Waals surface area contributed by atoms with Crippen molar-refractivity contribution >= 4 is 10.9 Å². The quantitative estimate of drug-likeness (QED) is 0.906. The molecule has 3 rings (SSSR count). The van der Waals surface area contributed by atoms with Crippen LogP contribution in [0.1, 0.15) is 18.5 Å². The Morgan fingerprint density at radius 3 is 2.85 bits per heavy atom. The van der Waals surface area contributed by atoms with Gasteiger partial charge in [0.15, 0.2) is 0 Å². The van der Waals surface area contributed by atoms with Gasteiger partial charge in [-0.05, 0) is 43.3 Å². The van der Waals surface area contributed by atoms with E-state index in [1.54, 1.807) is 0 Å². The maximum Gasteiger partial charge on any atom is 0.0482 e. The SMILES string of the molecule is CNCCc1cc2ccccc2n1CC1CCOCC1. The second-order valence-electron chi connectivity index (χ2n) is 5.71. The molecule has 1 aliphatic heterocycles. The molecule has 3 nitrogen and oxygen atoms in total. The fourth-order valence-electron chi connectivity index (χ4n) is 3.13. The average molecular weight is 272 g/mol. The van der Waals surface area contributed by atoms with Gasteiger partial charge in [-0.3, -0.25) is 0 Å². The van der Waals surface area contributed by atoms with E-state index in [0.29, 0.717) is 0 Å². The Morgan fingerprint density at radius 2 is 2.05 bits per heavy atom. The van der Waals surface area contributed by atoms with Gasteiger partial charge in [0.1, 0.15) is 0 Å². The third-order valence-corrected chi connectivity index (χ3v) is 4.31. The molecule has 0 atom stereocenters. The number of rotatable bonds is 5. The number of benzene rings is 1. The number of likely N-dealkylation sites (N-methyl/N-ethyl adjacent to an activating group) is 1. The van der Waals surface area contributed by atoms with Gasteiger partial charge >= 0.3 is 0 Å². The zero-order valence-electron chi connectivity index (χ0n) is 12.3. The molecular weight excluding hydrogens is 248 g/mol. The first kappa shape index (κ1) is 13.7. The number of ether oxygens (including phenoxy) is 1. The van der Waals surface area contributed by atoms with Gasteiger partial charge in [0.25, 0.3) is 0 Å². The Hall–Kier alpha value is -1.32. The summed E-state index contributed by atoms with van der Waals surface area (Å²) in [5.41, 5.74) is 2.83. The Kier molecular flexibility index (Phi) is 4.38. The van der Waals surface area contributed by atoms with Crippen molar-refractivity contribution in [3.05, 3.63) is 36.0 Å². The Balaban J connectivity index is 1.88. The first-order chi connectivity index (χ1) is 9.88. The van der Waals surface area contributed by atoms with E-state index >= 15 is 0 Å². The number of nitrogens with zero attached hydrogens (tertiary/aromatic N) is 1. The summed E-state index contributed by atoms with van der Waals surface area (Å²) < 4.78 is 8.01. The maximum absolute atomic E-state index is 5.48. The summed E-state index contributed by atoms with van der Waals surface area (Å²) in [4.78, 5) is 0. The average Bonchev–Trinajstić information content (AvgIpc) is 2.84. The van der Waals surface area contributed by atoms with Crippen LogP contribution < -0.4 is 5.32 Å². The largest absolute Gasteiger partial charge is 0.381 e. The predicted octanol–water partition coefficient (Wildman–Crippen LogP) is 2.83. The molecule has 1 saturated heterocycles. The van der Waals surface area contributed by atoms with Crippen LogP contribution >= 0.6 is 0 Å². The van der Waals surface area contributed by atoms with E-state index in [1.807, 2.05) is 7.05 Å². The highest BCUT2D eigenvalue weighted by Gasteiger charge is 2.17. The van der Waals surface area contributed by atoms with E-state index < -0.39 is 0 Å². The maximum atomic E-state index is 5.48. The van der Waals surface area contributed by atoms with Crippen molar-refractivity contribution in [1.29, 1.82) is 0 Å². The summed E-state index contributed by atoms with van der Waals surface area (Å²) in [7, 11) is 2.02. The van der Waals surface area contributed by atoms with Crippen LogP contribution in [0.5, 0.6) is 0 Å². The van der Waals surface area contributed by atoms with E-state index in [4.69, 9.17) is 4.74 Å². The van der Waals surface area contributed by atoms with Crippen molar-refractivity contribution < 1.29 is 4.74 Å². The van der Waals surface area contributed by atoms with Crippen LogP contribution in [0, 0.1) is 5.92 Å². The molecule has 2 aromatic rings. The molecule has 0 bridgehead atoms. The Bertz CT molecular complexity index is 555. The fourth-order valence-corrected chi connectivity index (χ4v) is 3.13. The number of fused-ring (bicyclic) bond motifs is 1. The third-order valence-electron chi connectivity index (χ3n) is 4.31. The topological polar surface area (TPSA) is 26.2 Å². The highest BCUT2D eigenvalue weighted by atomic mass is 16.5. The second-order valence-corrected chi connectivity index (χ2v) is 5.71. The summed E-state index contributed by atoms with van der Waals surface area (Å²) >= 11 is 0. The molecule has 1 N–H and O–H groups in total. The monoisotopic (exact) mass is 272 g/mol. The molecule has 0 saturated carbocycles. The van der Waals surface area contributed by atoms with Crippen LogP contribution in [0.3, 0.4) is 0 Å². The summed E-state index contributed by atoms with van der Waals surface area (Å²) in [6.45, 7) is 4.02. The number of aromatic nitrogens is 1. The lowest BCUT2D eigenvalue weighted by Gasteiger charge is -2.24. The summed E-state index contributed by atoms with van der Waals surface area (Å²) in [6.07, 6.45) is 3.48. The van der Waals surface area contributed by atoms with Crippen LogP contribution in [0.4, 0.5) is 0 Å². The van der Waals surface area contributed by atoms with Crippen LogP contribution in [-0.4, -0.2) is 31.4 Å². The van der Waals surface area contributed by atoms with Gasteiger partial charge in [-0.1, -0.05) is 18.2 Å². The summed E-state index contributed by atoms with van der Waals surface area (Å²) in [5, 5.41) is 4.62. The van der Waals surface area contributed by atoms with E-state index in [9.17, 15) is 0 Å². The van der Waals surface area contributed by atoms with E-state index in [-0.39, 0.29) is 0 Å². The van der Waals surface area contributed by atoms with Gasteiger partial charge in [-0.25, -0.2) is 0 Å². The highest BCUT2D eigenvalue weighted by molar-refractivity contribution is 5.81. The van der Waals surface area contributed by atoms with Gasteiger partial charge in [0, 0.05) is 43.9 Å². The van der Waals surface area contributed by atoms with Gasteiger partial charge in [-0.15, -0.1) is 0 Å². The summed E-state index contributed by atoms with van der Waals surface area (Å²) in [6, 6.07) is 11.1. The van der Waals surface area contributed by atoms with Gasteiger partial charge < -0.3 is 14.6 Å². The van der Waals surface area contributed by atoms with Crippen molar-refractivity contribution in [3.8, 4) is 0 Å². The molecule has 108 valence electrons. The number of hydrogen-bond donors (Lipinski definition) is 1. The zero-order valence-corrected chi connectivity index (χ0v) is 12.3. The lowest BCUT2D eigenvalue weighted by Crippen LogP contribution is -2.22. The molecule has 0 amide bonds. The minimum Gasteiger partial charge on any atom is -0.381 e. The fraction of sp³-hybridized carbons (Fsp3) is 0.529. The predicted molar refractivity (Wildman–Crippen MR) is 83.1 cm³/mol. The molecule has 0 aliphatic carbocycles. The minimum absolute atomic E-state index is 0.757. The molecule has 0 spiro atoms. The van der Waals surface area contributed by atoms with Gasteiger partial charge in [0.2, 0.25) is 0 Å². The number of nitrogens with one attached hydrogen (secondary N) is 1. The molecule has 0 radical (unpaired) electrons. The molecule has 2 heterocycles. The van der Waals surface area contributed by atoms with Crippen LogP contribution in [0.15, 0.2) is 30.3 Å². The van der Waals surface area contributed by atoms with E-state index in [1.165, 1.54) is 29.4 Å². The van der Waals surface area contributed by atoms with Crippen LogP contribution in [-0.2, 0) is 17.7 Å². The second kappa shape index (κ2) is 6.42. The molecule has 1 aromatic carbocycles. The highest BCUT2D eigenvalue weighted by Crippen LogP contribution is 2.24. The lowest BCUT2D eigenvalue weighted by atomic mass is 10.00. The lowest BCUT2D eigenvalue weighted by molar-refractivity contribution is 0.0614. The number of para-hydroxylation sites is 1. The van der Waals surface area contributed by atoms with Crippen molar-refractivity contribution in [2.75, 3.05) is 26.8 Å². The van der Waals surface area contributed by atoms with E-state index in [0.717, 1.165) is 38.6 Å². The third kappa shape index (κ3) is 2.89. The van der Waals surface area contributed by atoms with Gasteiger partial charge in [0.05, 0.1) is 0 Å². The molecular formula is C17H24N2O. The molecule has 3 heteroatoms.